The lowest BCUT2D eigenvalue weighted by Gasteiger charge is -2.16. The Kier molecular flexibility index (Phi) is 12.7. The highest BCUT2D eigenvalue weighted by Gasteiger charge is 2.18. The van der Waals surface area contributed by atoms with Gasteiger partial charge >= 0.3 is 11.4 Å². The molecule has 2 N–H and O–H groups in total. The average Bonchev–Trinajstić information content (AvgIpc) is 3.61. The third kappa shape index (κ3) is 9.39. The number of rotatable bonds is 15. The lowest BCUT2D eigenvalue weighted by molar-refractivity contribution is 0.0672. The van der Waals surface area contributed by atoms with E-state index in [9.17, 15) is 29.4 Å². The SMILES string of the molecule is CCCn1cnc2c1c(=O)n(CCCCC(C)(C)O)c(=O)n2C.CCOCn1cnc2c1c(=O)n(CCCCC(C)(C)O)c(=O)n2C. The second kappa shape index (κ2) is 15.8. The monoisotopic (exact) mass is 660 g/mol. The zero-order valence-corrected chi connectivity index (χ0v) is 29.2. The number of aryl methyl sites for hydroxylation is 3. The maximum atomic E-state index is 12.7. The fraction of sp³-hybridized carbons (Fsp3) is 0.688. The van der Waals surface area contributed by atoms with E-state index in [2.05, 4.69) is 9.97 Å². The molecule has 0 fully saturated rings. The second-order valence-electron chi connectivity index (χ2n) is 13.3. The number of hydrogen-bond acceptors (Lipinski definition) is 9. The summed E-state index contributed by atoms with van der Waals surface area (Å²) in [5, 5.41) is 19.5. The molecule has 0 saturated heterocycles. The van der Waals surface area contributed by atoms with Gasteiger partial charge in [0.1, 0.15) is 6.73 Å². The van der Waals surface area contributed by atoms with Crippen LogP contribution >= 0.6 is 0 Å². The quantitative estimate of drug-likeness (QED) is 0.181. The van der Waals surface area contributed by atoms with Crippen molar-refractivity contribution >= 4 is 22.3 Å². The van der Waals surface area contributed by atoms with Crippen LogP contribution in [0.25, 0.3) is 22.3 Å². The van der Waals surface area contributed by atoms with Gasteiger partial charge in [0, 0.05) is 40.3 Å². The minimum atomic E-state index is -0.740. The molecule has 4 rings (SSSR count). The number of aromatic nitrogens is 8. The zero-order valence-electron chi connectivity index (χ0n) is 29.2. The number of aliphatic hydroxyl groups is 2. The molecular formula is C32H52N8O7. The summed E-state index contributed by atoms with van der Waals surface area (Å²) < 4.78 is 14.1. The molecule has 0 aromatic carbocycles. The first-order chi connectivity index (χ1) is 22.0. The molecule has 15 nitrogen and oxygen atoms in total. The lowest BCUT2D eigenvalue weighted by Crippen LogP contribution is -2.39. The Balaban J connectivity index is 0.000000256. The van der Waals surface area contributed by atoms with Gasteiger partial charge in [-0.2, -0.15) is 0 Å². The number of unbranched alkanes of at least 4 members (excludes halogenated alkanes) is 2. The van der Waals surface area contributed by atoms with Gasteiger partial charge in [0.15, 0.2) is 22.3 Å². The number of imidazole rings is 2. The van der Waals surface area contributed by atoms with Crippen LogP contribution in [-0.2, 0) is 45.2 Å². The Morgan fingerprint density at radius 2 is 1.11 bits per heavy atom. The summed E-state index contributed by atoms with van der Waals surface area (Å²) in [5.74, 6) is 0. The first kappa shape index (κ1) is 37.6. The van der Waals surface area contributed by atoms with Gasteiger partial charge in [-0.3, -0.25) is 27.9 Å². The minimum Gasteiger partial charge on any atom is -0.390 e. The van der Waals surface area contributed by atoms with E-state index in [4.69, 9.17) is 4.74 Å². The summed E-state index contributed by atoms with van der Waals surface area (Å²) >= 11 is 0. The van der Waals surface area contributed by atoms with Gasteiger partial charge < -0.3 is 24.1 Å². The molecule has 0 bridgehead atoms. The number of nitrogens with zero attached hydrogens (tertiary/aromatic N) is 8. The van der Waals surface area contributed by atoms with E-state index in [-0.39, 0.29) is 29.2 Å². The smallest absolute Gasteiger partial charge is 0.332 e. The van der Waals surface area contributed by atoms with Crippen LogP contribution in [0.2, 0.25) is 0 Å². The van der Waals surface area contributed by atoms with Crippen molar-refractivity contribution in [3.63, 3.8) is 0 Å². The molecule has 0 aliphatic heterocycles. The molecule has 47 heavy (non-hydrogen) atoms. The van der Waals surface area contributed by atoms with Crippen LogP contribution in [0.15, 0.2) is 31.8 Å². The Labute approximate surface area is 273 Å². The van der Waals surface area contributed by atoms with Gasteiger partial charge in [0.25, 0.3) is 11.1 Å². The molecule has 0 unspecified atom stereocenters. The normalized spacial score (nSPS) is 12.2. The van der Waals surface area contributed by atoms with Crippen molar-refractivity contribution in [2.45, 2.75) is 124 Å². The molecule has 262 valence electrons. The second-order valence-corrected chi connectivity index (χ2v) is 13.3. The van der Waals surface area contributed by atoms with E-state index < -0.39 is 11.2 Å². The first-order valence-electron chi connectivity index (χ1n) is 16.3. The fourth-order valence-electron chi connectivity index (χ4n) is 5.39. The third-order valence-electron chi connectivity index (χ3n) is 7.94. The lowest BCUT2D eigenvalue weighted by atomic mass is 10.0. The minimum absolute atomic E-state index is 0.221. The van der Waals surface area contributed by atoms with Gasteiger partial charge in [0.2, 0.25) is 0 Å². The maximum absolute atomic E-state index is 12.7. The van der Waals surface area contributed by atoms with Crippen LogP contribution in [0.1, 0.15) is 86.5 Å². The fourth-order valence-corrected chi connectivity index (χ4v) is 5.39. The van der Waals surface area contributed by atoms with Crippen LogP contribution in [0.4, 0.5) is 0 Å². The van der Waals surface area contributed by atoms with E-state index in [1.807, 2.05) is 18.4 Å². The molecule has 15 heteroatoms. The summed E-state index contributed by atoms with van der Waals surface area (Å²) in [6, 6.07) is 0. The van der Waals surface area contributed by atoms with Crippen LogP contribution in [0.3, 0.4) is 0 Å². The highest BCUT2D eigenvalue weighted by atomic mass is 16.5. The molecule has 0 aliphatic rings. The van der Waals surface area contributed by atoms with Gasteiger partial charge in [-0.25, -0.2) is 19.6 Å². The van der Waals surface area contributed by atoms with Gasteiger partial charge in [-0.15, -0.1) is 0 Å². The number of hydrogen-bond donors (Lipinski definition) is 2. The van der Waals surface area contributed by atoms with Crippen molar-refractivity contribution in [2.24, 2.45) is 14.1 Å². The molecule has 4 heterocycles. The van der Waals surface area contributed by atoms with Crippen molar-refractivity contribution in [3.05, 3.63) is 54.3 Å². The van der Waals surface area contributed by atoms with Crippen molar-refractivity contribution in [1.29, 1.82) is 0 Å². The van der Waals surface area contributed by atoms with Crippen LogP contribution in [0.5, 0.6) is 0 Å². The summed E-state index contributed by atoms with van der Waals surface area (Å²) in [6.07, 6.45) is 8.08. The summed E-state index contributed by atoms with van der Waals surface area (Å²) in [5.41, 5.74) is -1.17. The van der Waals surface area contributed by atoms with Crippen molar-refractivity contribution < 1.29 is 14.9 Å². The van der Waals surface area contributed by atoms with E-state index in [1.165, 1.54) is 24.6 Å². The topological polar surface area (TPSA) is 173 Å². The Morgan fingerprint density at radius 3 is 1.51 bits per heavy atom. The predicted molar refractivity (Wildman–Crippen MR) is 181 cm³/mol. The highest BCUT2D eigenvalue weighted by molar-refractivity contribution is 5.70. The summed E-state index contributed by atoms with van der Waals surface area (Å²) in [6.45, 7) is 13.0. The molecule has 0 aliphatic carbocycles. The Morgan fingerprint density at radius 1 is 0.681 bits per heavy atom. The summed E-state index contributed by atoms with van der Waals surface area (Å²) in [4.78, 5) is 58.6. The van der Waals surface area contributed by atoms with Gasteiger partial charge in [0.05, 0.1) is 23.9 Å². The number of ether oxygens (including phenoxy) is 1. The molecule has 4 aromatic rings. The average molecular weight is 661 g/mol. The summed E-state index contributed by atoms with van der Waals surface area (Å²) in [7, 11) is 3.25. The molecular weight excluding hydrogens is 608 g/mol. The van der Waals surface area contributed by atoms with Gasteiger partial charge in [-0.05, 0) is 79.6 Å². The van der Waals surface area contributed by atoms with E-state index in [0.29, 0.717) is 74.3 Å². The Hall–Kier alpha value is -3.82. The molecule has 4 aromatic heterocycles. The van der Waals surface area contributed by atoms with E-state index in [1.54, 1.807) is 52.7 Å². The van der Waals surface area contributed by atoms with Crippen LogP contribution in [0, 0.1) is 0 Å². The maximum Gasteiger partial charge on any atom is 0.332 e. The van der Waals surface area contributed by atoms with Gasteiger partial charge in [-0.1, -0.05) is 6.92 Å². The predicted octanol–water partition coefficient (Wildman–Crippen LogP) is 2.08. The first-order valence-corrected chi connectivity index (χ1v) is 16.3. The molecule has 0 amide bonds. The zero-order chi connectivity index (χ0) is 35.1. The van der Waals surface area contributed by atoms with E-state index >= 15 is 0 Å². The molecule has 0 atom stereocenters. The largest absolute Gasteiger partial charge is 0.390 e. The third-order valence-corrected chi connectivity index (χ3v) is 7.94. The molecule has 0 saturated carbocycles. The van der Waals surface area contributed by atoms with Crippen molar-refractivity contribution in [1.82, 2.24) is 37.4 Å². The Bertz CT molecular complexity index is 1880. The van der Waals surface area contributed by atoms with Crippen LogP contribution < -0.4 is 22.5 Å². The highest BCUT2D eigenvalue weighted by Crippen LogP contribution is 2.14. The van der Waals surface area contributed by atoms with Crippen molar-refractivity contribution in [2.75, 3.05) is 6.61 Å². The molecule has 0 radical (unpaired) electrons. The van der Waals surface area contributed by atoms with Crippen LogP contribution in [-0.4, -0.2) is 65.4 Å². The molecule has 0 spiro atoms. The standard InChI is InChI=1S/C16H26N4O4.C16H26N4O3/c1-5-24-11-19-10-17-13-12(19)14(21)20(15(22)18(13)4)9-7-6-8-16(2,3)23;1-5-9-19-11-17-13-12(19)14(21)20(15(22)18(13)4)10-7-6-8-16(2,3)23/h10,23H,5-9,11H2,1-4H3;11,23H,5-10H2,1-4H3. The van der Waals surface area contributed by atoms with E-state index in [0.717, 1.165) is 19.3 Å². The number of fused-ring (bicyclic) bond motifs is 2. The van der Waals surface area contributed by atoms with Crippen molar-refractivity contribution in [3.8, 4) is 0 Å².